The molecule has 0 saturated carbocycles. The molecule has 0 unspecified atom stereocenters. The average molecular weight is 602 g/mol. The quantitative estimate of drug-likeness (QED) is 0.197. The van der Waals surface area contributed by atoms with Crippen molar-refractivity contribution in [3.8, 4) is 39.1 Å². The fourth-order valence-corrected chi connectivity index (χ4v) is 8.11. The van der Waals surface area contributed by atoms with Crippen molar-refractivity contribution in [1.29, 1.82) is 0 Å². The van der Waals surface area contributed by atoms with E-state index in [4.69, 9.17) is 4.42 Å². The summed E-state index contributed by atoms with van der Waals surface area (Å²) in [6.07, 6.45) is 0. The first-order valence-corrected chi connectivity index (χ1v) is 16.4. The molecule has 0 radical (unpaired) electrons. The van der Waals surface area contributed by atoms with Crippen LogP contribution in [-0.4, -0.2) is 4.57 Å². The van der Waals surface area contributed by atoms with E-state index in [9.17, 15) is 0 Å². The van der Waals surface area contributed by atoms with Crippen LogP contribution in [0.4, 0.5) is 0 Å². The zero-order chi connectivity index (χ0) is 31.3. The van der Waals surface area contributed by atoms with E-state index in [2.05, 4.69) is 164 Å². The Balaban J connectivity index is 1.13. The third kappa shape index (κ3) is 3.73. The van der Waals surface area contributed by atoms with Crippen molar-refractivity contribution in [1.82, 2.24) is 4.57 Å². The summed E-state index contributed by atoms with van der Waals surface area (Å²) in [7, 11) is 0. The second-order valence-corrected chi connectivity index (χ2v) is 13.3. The third-order valence-electron chi connectivity index (χ3n) is 10.4. The van der Waals surface area contributed by atoms with Gasteiger partial charge in [-0.25, -0.2) is 0 Å². The number of rotatable bonds is 3. The maximum Gasteiger partial charge on any atom is 0.136 e. The first-order valence-electron chi connectivity index (χ1n) is 16.4. The molecule has 2 aromatic heterocycles. The highest BCUT2D eigenvalue weighted by atomic mass is 16.3. The molecule has 0 saturated heterocycles. The topological polar surface area (TPSA) is 18.1 Å². The largest absolute Gasteiger partial charge is 0.456 e. The molecule has 0 bridgehead atoms. The number of furan rings is 1. The lowest BCUT2D eigenvalue weighted by Crippen LogP contribution is -2.15. The van der Waals surface area contributed by atoms with E-state index >= 15 is 0 Å². The van der Waals surface area contributed by atoms with Crippen LogP contribution in [0.2, 0.25) is 0 Å². The molecule has 0 fully saturated rings. The van der Waals surface area contributed by atoms with Gasteiger partial charge in [0.25, 0.3) is 0 Å². The van der Waals surface area contributed by atoms with Crippen molar-refractivity contribution in [3.05, 3.63) is 163 Å². The minimum absolute atomic E-state index is 0.152. The average Bonchev–Trinajstić information content (AvgIpc) is 3.74. The van der Waals surface area contributed by atoms with Crippen molar-refractivity contribution >= 4 is 43.7 Å². The molecule has 2 heteroatoms. The molecule has 7 aromatic carbocycles. The zero-order valence-electron chi connectivity index (χ0n) is 26.3. The standard InChI is InChI=1S/C45H31NO/c1-45(2)37-26-31(30-14-10-13-29(25-30)28-11-4-3-5-12-28)19-21-33(37)34-22-20-32(27-38(34)45)46-39-17-8-6-15-35(39)43-40(46)23-24-42-44(43)36-16-7-9-18-41(36)47-42/h3-27H,1-2H3. The second-order valence-electron chi connectivity index (χ2n) is 13.3. The molecule has 222 valence electrons. The Bertz CT molecular complexity index is 2700. The number of nitrogens with zero attached hydrogens (tertiary/aromatic N) is 1. The van der Waals surface area contributed by atoms with Gasteiger partial charge in [-0.15, -0.1) is 0 Å². The van der Waals surface area contributed by atoms with Gasteiger partial charge in [-0.3, -0.25) is 0 Å². The molecule has 0 aliphatic heterocycles. The molecule has 1 aliphatic rings. The smallest absolute Gasteiger partial charge is 0.136 e. The van der Waals surface area contributed by atoms with Crippen LogP contribution in [0.25, 0.3) is 82.8 Å². The molecule has 2 heterocycles. The van der Waals surface area contributed by atoms with Gasteiger partial charge in [-0.1, -0.05) is 117 Å². The molecule has 0 amide bonds. The molecular weight excluding hydrogens is 571 g/mol. The van der Waals surface area contributed by atoms with Gasteiger partial charge in [-0.2, -0.15) is 0 Å². The lowest BCUT2D eigenvalue weighted by atomic mass is 9.81. The van der Waals surface area contributed by atoms with Crippen LogP contribution in [0, 0.1) is 0 Å². The number of para-hydroxylation sites is 2. The Kier molecular flexibility index (Phi) is 5.37. The van der Waals surface area contributed by atoms with Crippen LogP contribution in [0.3, 0.4) is 0 Å². The number of aromatic nitrogens is 1. The van der Waals surface area contributed by atoms with E-state index in [1.54, 1.807) is 0 Å². The van der Waals surface area contributed by atoms with Gasteiger partial charge >= 0.3 is 0 Å². The number of hydrogen-bond acceptors (Lipinski definition) is 1. The number of hydrogen-bond donors (Lipinski definition) is 0. The SMILES string of the molecule is CC1(C)c2cc(-c3cccc(-c4ccccc4)c3)ccc2-c2ccc(-n3c4ccccc4c4c5c(ccc43)oc3ccccc35)cc21. The highest BCUT2D eigenvalue weighted by Crippen LogP contribution is 2.51. The van der Waals surface area contributed by atoms with Gasteiger partial charge in [0.15, 0.2) is 0 Å². The Hall–Kier alpha value is -5.86. The summed E-state index contributed by atoms with van der Waals surface area (Å²) in [5, 5.41) is 4.83. The molecule has 0 N–H and O–H groups in total. The summed E-state index contributed by atoms with van der Waals surface area (Å²) >= 11 is 0. The van der Waals surface area contributed by atoms with Crippen molar-refractivity contribution in [3.63, 3.8) is 0 Å². The van der Waals surface area contributed by atoms with Gasteiger partial charge in [-0.05, 0) is 93.0 Å². The van der Waals surface area contributed by atoms with E-state index in [1.807, 2.05) is 6.07 Å². The molecule has 10 rings (SSSR count). The maximum atomic E-state index is 6.31. The first-order chi connectivity index (χ1) is 23.1. The minimum atomic E-state index is -0.152. The Labute approximate surface area is 273 Å². The second kappa shape index (κ2) is 9.57. The van der Waals surface area contributed by atoms with Crippen molar-refractivity contribution in [2.45, 2.75) is 19.3 Å². The van der Waals surface area contributed by atoms with Crippen LogP contribution in [0.15, 0.2) is 156 Å². The third-order valence-corrected chi connectivity index (χ3v) is 10.4. The normalized spacial score (nSPS) is 13.5. The maximum absolute atomic E-state index is 6.31. The van der Waals surface area contributed by atoms with Crippen molar-refractivity contribution < 1.29 is 4.42 Å². The van der Waals surface area contributed by atoms with E-state index < -0.39 is 0 Å². The van der Waals surface area contributed by atoms with Gasteiger partial charge in [0.05, 0.1) is 11.0 Å². The van der Waals surface area contributed by atoms with E-state index in [0.29, 0.717) is 0 Å². The Morgan fingerprint density at radius 2 is 1.11 bits per heavy atom. The lowest BCUT2D eigenvalue weighted by Gasteiger charge is -2.23. The molecule has 2 nitrogen and oxygen atoms in total. The summed E-state index contributed by atoms with van der Waals surface area (Å²) in [6, 6.07) is 55.1. The fourth-order valence-electron chi connectivity index (χ4n) is 8.11. The van der Waals surface area contributed by atoms with E-state index in [-0.39, 0.29) is 5.41 Å². The predicted molar refractivity (Wildman–Crippen MR) is 196 cm³/mol. The molecule has 0 atom stereocenters. The van der Waals surface area contributed by atoms with Crippen LogP contribution >= 0.6 is 0 Å². The minimum Gasteiger partial charge on any atom is -0.456 e. The van der Waals surface area contributed by atoms with Crippen LogP contribution < -0.4 is 0 Å². The highest BCUT2D eigenvalue weighted by molar-refractivity contribution is 6.27. The molecule has 0 spiro atoms. The molecule has 47 heavy (non-hydrogen) atoms. The summed E-state index contributed by atoms with van der Waals surface area (Å²) in [4.78, 5) is 0. The summed E-state index contributed by atoms with van der Waals surface area (Å²) in [5.74, 6) is 0. The van der Waals surface area contributed by atoms with Crippen LogP contribution in [0.5, 0.6) is 0 Å². The molecule has 1 aliphatic carbocycles. The van der Waals surface area contributed by atoms with Gasteiger partial charge in [0.1, 0.15) is 11.2 Å². The molecular formula is C45H31NO. The number of fused-ring (bicyclic) bond motifs is 10. The Morgan fingerprint density at radius 3 is 1.96 bits per heavy atom. The van der Waals surface area contributed by atoms with Crippen molar-refractivity contribution in [2.75, 3.05) is 0 Å². The lowest BCUT2D eigenvalue weighted by molar-refractivity contribution is 0.660. The van der Waals surface area contributed by atoms with Gasteiger partial charge in [0, 0.05) is 32.6 Å². The summed E-state index contributed by atoms with van der Waals surface area (Å²) < 4.78 is 8.75. The van der Waals surface area contributed by atoms with Crippen LogP contribution in [-0.2, 0) is 5.41 Å². The summed E-state index contributed by atoms with van der Waals surface area (Å²) in [6.45, 7) is 4.75. The molecule has 9 aromatic rings. The Morgan fingerprint density at radius 1 is 0.447 bits per heavy atom. The van der Waals surface area contributed by atoms with Gasteiger partial charge < -0.3 is 8.98 Å². The predicted octanol–water partition coefficient (Wildman–Crippen LogP) is 12.3. The first kappa shape index (κ1) is 26.4. The fraction of sp³-hybridized carbons (Fsp3) is 0.0667. The monoisotopic (exact) mass is 601 g/mol. The zero-order valence-corrected chi connectivity index (χ0v) is 26.3. The van der Waals surface area contributed by atoms with Gasteiger partial charge in [0.2, 0.25) is 0 Å². The van der Waals surface area contributed by atoms with Crippen molar-refractivity contribution in [2.24, 2.45) is 0 Å². The van der Waals surface area contributed by atoms with Crippen LogP contribution in [0.1, 0.15) is 25.0 Å². The number of benzene rings is 7. The van der Waals surface area contributed by atoms with E-state index in [1.165, 1.54) is 77.4 Å². The summed E-state index contributed by atoms with van der Waals surface area (Å²) in [5.41, 5.74) is 15.6. The van der Waals surface area contributed by atoms with E-state index in [0.717, 1.165) is 16.6 Å². The highest BCUT2D eigenvalue weighted by Gasteiger charge is 2.36.